The van der Waals surface area contributed by atoms with Crippen molar-refractivity contribution in [2.24, 2.45) is 5.92 Å². The fraction of sp³-hybridized carbons (Fsp3) is 0.346. The fourth-order valence-electron chi connectivity index (χ4n) is 4.15. The van der Waals surface area contributed by atoms with Crippen LogP contribution in [0.25, 0.3) is 11.1 Å². The van der Waals surface area contributed by atoms with Crippen LogP contribution in [0.15, 0.2) is 61.2 Å². The summed E-state index contributed by atoms with van der Waals surface area (Å²) < 4.78 is 5.54. The Labute approximate surface area is 193 Å². The molecule has 0 bridgehead atoms. The highest BCUT2D eigenvalue weighted by molar-refractivity contribution is 5.89. The summed E-state index contributed by atoms with van der Waals surface area (Å²) in [7, 11) is 0. The molecule has 2 atom stereocenters. The summed E-state index contributed by atoms with van der Waals surface area (Å²) in [6, 6.07) is 14.0. The average molecular weight is 451 g/mol. The third-order valence-corrected chi connectivity index (χ3v) is 5.68. The highest BCUT2D eigenvalue weighted by atomic mass is 16.5. The van der Waals surface area contributed by atoms with Gasteiger partial charge >= 0.3 is 12.1 Å². The van der Waals surface area contributed by atoms with Crippen LogP contribution in [0, 0.1) is 5.92 Å². The van der Waals surface area contributed by atoms with Gasteiger partial charge in [-0.2, -0.15) is 0 Å². The van der Waals surface area contributed by atoms with Crippen LogP contribution in [-0.4, -0.2) is 41.8 Å². The summed E-state index contributed by atoms with van der Waals surface area (Å²) in [6.07, 6.45) is 1.14. The average Bonchev–Trinajstić information content (AvgIpc) is 3.10. The van der Waals surface area contributed by atoms with Gasteiger partial charge in [-0.1, -0.05) is 68.5 Å². The van der Waals surface area contributed by atoms with E-state index in [1.807, 2.05) is 50.2 Å². The second-order valence-corrected chi connectivity index (χ2v) is 8.58. The predicted molar refractivity (Wildman–Crippen MR) is 126 cm³/mol. The van der Waals surface area contributed by atoms with E-state index in [1.54, 1.807) is 0 Å². The first kappa shape index (κ1) is 24.0. The van der Waals surface area contributed by atoms with Crippen LogP contribution in [0.4, 0.5) is 4.79 Å². The van der Waals surface area contributed by atoms with Crippen LogP contribution in [0.1, 0.15) is 43.7 Å². The Bertz CT molecular complexity index is 987. The highest BCUT2D eigenvalue weighted by Gasteiger charge is 2.30. The minimum atomic E-state index is -1.16. The number of fused-ring (bicyclic) bond motifs is 3. The summed E-state index contributed by atoms with van der Waals surface area (Å²) >= 11 is 0. The monoisotopic (exact) mass is 450 g/mol. The summed E-state index contributed by atoms with van der Waals surface area (Å²) in [6.45, 7) is 7.48. The van der Waals surface area contributed by atoms with Gasteiger partial charge in [-0.25, -0.2) is 9.59 Å². The third kappa shape index (κ3) is 5.80. The van der Waals surface area contributed by atoms with Crippen LogP contribution >= 0.6 is 0 Å². The predicted octanol–water partition coefficient (Wildman–Crippen LogP) is 4.09. The van der Waals surface area contributed by atoms with Gasteiger partial charge < -0.3 is 20.5 Å². The molecule has 0 aliphatic heterocycles. The molecule has 3 rings (SSSR count). The van der Waals surface area contributed by atoms with Gasteiger partial charge in [-0.3, -0.25) is 4.79 Å². The normalized spacial score (nSPS) is 14.0. The third-order valence-electron chi connectivity index (χ3n) is 5.68. The Kier molecular flexibility index (Phi) is 7.87. The number of carboxylic acids is 1. The van der Waals surface area contributed by atoms with Crippen molar-refractivity contribution in [3.63, 3.8) is 0 Å². The maximum atomic E-state index is 12.7. The maximum absolute atomic E-state index is 12.7. The maximum Gasteiger partial charge on any atom is 0.407 e. The van der Waals surface area contributed by atoms with Crippen molar-refractivity contribution in [2.75, 3.05) is 6.61 Å². The smallest absolute Gasteiger partial charge is 0.407 e. The lowest BCUT2D eigenvalue weighted by molar-refractivity contribution is -0.142. The zero-order valence-electron chi connectivity index (χ0n) is 18.9. The topological polar surface area (TPSA) is 105 Å². The van der Waals surface area contributed by atoms with Crippen LogP contribution in [0.3, 0.4) is 0 Å². The van der Waals surface area contributed by atoms with Crippen molar-refractivity contribution in [1.29, 1.82) is 0 Å². The van der Waals surface area contributed by atoms with E-state index >= 15 is 0 Å². The van der Waals surface area contributed by atoms with Crippen molar-refractivity contribution < 1.29 is 24.2 Å². The lowest BCUT2D eigenvalue weighted by Crippen LogP contribution is -2.52. The Morgan fingerprint density at radius 2 is 1.58 bits per heavy atom. The van der Waals surface area contributed by atoms with Crippen LogP contribution in [0.5, 0.6) is 0 Å². The molecule has 7 heteroatoms. The number of alkyl carbamates (subject to hydrolysis) is 1. The molecule has 0 heterocycles. The van der Waals surface area contributed by atoms with E-state index in [-0.39, 0.29) is 24.9 Å². The number of rotatable bonds is 10. The van der Waals surface area contributed by atoms with E-state index < -0.39 is 30.1 Å². The van der Waals surface area contributed by atoms with Gasteiger partial charge in [0.15, 0.2) is 0 Å². The van der Waals surface area contributed by atoms with Gasteiger partial charge in [0, 0.05) is 5.92 Å². The first-order valence-electron chi connectivity index (χ1n) is 11.1. The second-order valence-electron chi connectivity index (χ2n) is 8.58. The van der Waals surface area contributed by atoms with Gasteiger partial charge in [0.1, 0.15) is 18.7 Å². The zero-order chi connectivity index (χ0) is 24.0. The molecule has 0 radical (unpaired) electrons. The van der Waals surface area contributed by atoms with E-state index in [1.165, 1.54) is 6.08 Å². The summed E-state index contributed by atoms with van der Waals surface area (Å²) in [5.74, 6) is -1.72. The molecule has 0 aromatic heterocycles. The quantitative estimate of drug-likeness (QED) is 0.473. The van der Waals surface area contributed by atoms with Gasteiger partial charge in [0.05, 0.1) is 0 Å². The Morgan fingerprint density at radius 3 is 2.09 bits per heavy atom. The van der Waals surface area contributed by atoms with E-state index in [9.17, 15) is 19.5 Å². The van der Waals surface area contributed by atoms with Crippen LogP contribution < -0.4 is 10.6 Å². The summed E-state index contributed by atoms with van der Waals surface area (Å²) in [5.41, 5.74) is 4.44. The number of hydrogen-bond donors (Lipinski definition) is 3. The van der Waals surface area contributed by atoms with E-state index in [2.05, 4.69) is 29.3 Å². The number of carboxylic acid groups (broad SMARTS) is 1. The Balaban J connectivity index is 1.67. The minimum Gasteiger partial charge on any atom is -0.480 e. The molecule has 2 aromatic rings. The van der Waals surface area contributed by atoms with E-state index in [0.29, 0.717) is 6.42 Å². The number of ether oxygens (including phenoxy) is 1. The SMILES string of the molecule is C=CCC(NC(=O)[C@H](CC(C)C)NC(=O)OCC1c2ccccc2-c2ccccc21)C(=O)O. The lowest BCUT2D eigenvalue weighted by Gasteiger charge is -2.22. The van der Waals surface area contributed by atoms with Crippen molar-refractivity contribution in [2.45, 2.75) is 44.7 Å². The first-order valence-corrected chi connectivity index (χ1v) is 11.1. The molecular formula is C26H30N2O5. The number of carbonyl (C=O) groups is 3. The van der Waals surface area contributed by atoms with Crippen molar-refractivity contribution >= 4 is 18.0 Å². The molecule has 2 amide bonds. The summed E-state index contributed by atoms with van der Waals surface area (Å²) in [4.78, 5) is 36.7. The molecule has 3 N–H and O–H groups in total. The largest absolute Gasteiger partial charge is 0.480 e. The van der Waals surface area contributed by atoms with Crippen molar-refractivity contribution in [3.05, 3.63) is 72.3 Å². The summed E-state index contributed by atoms with van der Waals surface area (Å²) in [5, 5.41) is 14.4. The molecule has 33 heavy (non-hydrogen) atoms. The number of aliphatic carboxylic acids is 1. The molecule has 0 spiro atoms. The number of benzene rings is 2. The molecule has 174 valence electrons. The van der Waals surface area contributed by atoms with E-state index in [4.69, 9.17) is 4.74 Å². The van der Waals surface area contributed by atoms with Crippen LogP contribution in [0.2, 0.25) is 0 Å². The number of hydrogen-bond acceptors (Lipinski definition) is 4. The molecule has 7 nitrogen and oxygen atoms in total. The molecule has 0 fully saturated rings. The van der Waals surface area contributed by atoms with Crippen molar-refractivity contribution in [3.8, 4) is 11.1 Å². The van der Waals surface area contributed by atoms with Gasteiger partial charge in [-0.05, 0) is 41.0 Å². The molecule has 0 saturated heterocycles. The second kappa shape index (κ2) is 10.8. The molecule has 1 aliphatic carbocycles. The Morgan fingerprint density at radius 1 is 1.00 bits per heavy atom. The lowest BCUT2D eigenvalue weighted by atomic mass is 9.98. The van der Waals surface area contributed by atoms with Crippen LogP contribution in [-0.2, 0) is 14.3 Å². The molecular weight excluding hydrogens is 420 g/mol. The van der Waals surface area contributed by atoms with Gasteiger partial charge in [0.25, 0.3) is 0 Å². The fourth-order valence-corrected chi connectivity index (χ4v) is 4.15. The van der Waals surface area contributed by atoms with Crippen molar-refractivity contribution in [1.82, 2.24) is 10.6 Å². The van der Waals surface area contributed by atoms with Gasteiger partial charge in [-0.15, -0.1) is 6.58 Å². The highest BCUT2D eigenvalue weighted by Crippen LogP contribution is 2.44. The molecule has 1 unspecified atom stereocenters. The molecule has 0 saturated carbocycles. The number of amides is 2. The number of nitrogens with one attached hydrogen (secondary N) is 2. The van der Waals surface area contributed by atoms with E-state index in [0.717, 1.165) is 22.3 Å². The minimum absolute atomic E-state index is 0.0837. The Hall–Kier alpha value is -3.61. The molecule has 2 aromatic carbocycles. The number of carbonyl (C=O) groups excluding carboxylic acids is 2. The van der Waals surface area contributed by atoms with Gasteiger partial charge in [0.2, 0.25) is 5.91 Å². The zero-order valence-corrected chi connectivity index (χ0v) is 18.9. The standard InChI is InChI=1S/C26H30N2O5/c1-4-9-22(25(30)31)27-24(29)23(14-16(2)3)28-26(32)33-15-21-19-12-7-5-10-17(19)18-11-6-8-13-20(18)21/h4-8,10-13,16,21-23H,1,9,14-15H2,2-3H3,(H,27,29)(H,28,32)(H,30,31)/t22?,23-/m0/s1. The molecule has 1 aliphatic rings. The first-order chi connectivity index (χ1) is 15.8.